The zero-order valence-corrected chi connectivity index (χ0v) is 9.53. The molecule has 3 heteroatoms. The normalized spacial score (nSPS) is 12.8. The van der Waals surface area contributed by atoms with Crippen molar-refractivity contribution in [1.82, 2.24) is 0 Å². The molecule has 0 radical (unpaired) electrons. The van der Waals surface area contributed by atoms with Crippen molar-refractivity contribution in [3.63, 3.8) is 0 Å². The van der Waals surface area contributed by atoms with Crippen LogP contribution in [0, 0.1) is 0 Å². The highest BCUT2D eigenvalue weighted by Crippen LogP contribution is 2.16. The van der Waals surface area contributed by atoms with Gasteiger partial charge in [-0.15, -0.1) is 0 Å². The van der Waals surface area contributed by atoms with E-state index in [0.29, 0.717) is 11.7 Å². The lowest BCUT2D eigenvalue weighted by atomic mass is 10.2. The maximum Gasteiger partial charge on any atom is 0.218 e. The summed E-state index contributed by atoms with van der Waals surface area (Å²) in [5, 5.41) is 0.388. The first-order chi connectivity index (χ1) is 6.16. The average Bonchev–Trinajstić information content (AvgIpc) is 2.02. The van der Waals surface area contributed by atoms with E-state index in [2.05, 4.69) is 13.8 Å². The summed E-state index contributed by atoms with van der Waals surface area (Å²) in [5.41, 5.74) is 5.09. The lowest BCUT2D eigenvalue weighted by molar-refractivity contribution is -0.117. The predicted octanol–water partition coefficient (Wildman–Crippen LogP) is 2.56. The van der Waals surface area contributed by atoms with Crippen LogP contribution >= 0.6 is 11.8 Å². The van der Waals surface area contributed by atoms with Crippen molar-refractivity contribution in [3.8, 4) is 0 Å². The Morgan fingerprint density at radius 2 is 2.08 bits per heavy atom. The number of amides is 1. The molecule has 13 heavy (non-hydrogen) atoms. The van der Waals surface area contributed by atoms with E-state index in [4.69, 9.17) is 5.73 Å². The monoisotopic (exact) mass is 203 g/mol. The van der Waals surface area contributed by atoms with Crippen LogP contribution in [0.2, 0.25) is 0 Å². The summed E-state index contributed by atoms with van der Waals surface area (Å²) in [6.45, 7) is 4.28. The molecule has 0 bridgehead atoms. The molecular weight excluding hydrogens is 182 g/mol. The average molecular weight is 203 g/mol. The lowest BCUT2D eigenvalue weighted by Crippen LogP contribution is -2.16. The lowest BCUT2D eigenvalue weighted by Gasteiger charge is -2.07. The van der Waals surface area contributed by atoms with Gasteiger partial charge in [0, 0.05) is 11.7 Å². The summed E-state index contributed by atoms with van der Waals surface area (Å²) in [5.74, 6) is 0.975. The summed E-state index contributed by atoms with van der Waals surface area (Å²) >= 11 is 1.85. The van der Waals surface area contributed by atoms with Crippen molar-refractivity contribution >= 4 is 17.7 Å². The molecule has 0 aliphatic heterocycles. The molecule has 0 aromatic heterocycles. The molecule has 1 unspecified atom stereocenters. The Kier molecular flexibility index (Phi) is 8.30. The number of unbranched alkanes of at least 4 members (excludes halogenated alkanes) is 3. The Balaban J connectivity index is 3.17. The molecule has 1 amide bonds. The molecule has 0 saturated carbocycles. The van der Waals surface area contributed by atoms with E-state index in [0.717, 1.165) is 5.75 Å². The van der Waals surface area contributed by atoms with Gasteiger partial charge in [-0.25, -0.2) is 0 Å². The van der Waals surface area contributed by atoms with Crippen LogP contribution in [0.15, 0.2) is 0 Å². The summed E-state index contributed by atoms with van der Waals surface area (Å²) in [7, 11) is 0. The number of carbonyl (C=O) groups is 1. The molecule has 0 saturated heterocycles. The minimum absolute atomic E-state index is 0.187. The highest BCUT2D eigenvalue weighted by atomic mass is 32.2. The first-order valence-electron chi connectivity index (χ1n) is 5.06. The fourth-order valence-electron chi connectivity index (χ4n) is 1.16. The minimum Gasteiger partial charge on any atom is -0.370 e. The van der Waals surface area contributed by atoms with Gasteiger partial charge in [0.1, 0.15) is 0 Å². The first-order valence-corrected chi connectivity index (χ1v) is 6.11. The van der Waals surface area contributed by atoms with Crippen molar-refractivity contribution in [2.45, 2.75) is 51.2 Å². The summed E-state index contributed by atoms with van der Waals surface area (Å²) < 4.78 is 0. The maximum atomic E-state index is 10.6. The van der Waals surface area contributed by atoms with Crippen LogP contribution in [-0.2, 0) is 4.79 Å². The molecule has 0 heterocycles. The van der Waals surface area contributed by atoms with Crippen LogP contribution in [0.5, 0.6) is 0 Å². The molecule has 0 rings (SSSR count). The van der Waals surface area contributed by atoms with E-state index in [1.807, 2.05) is 11.8 Å². The number of rotatable bonds is 8. The maximum absolute atomic E-state index is 10.6. The Bertz CT molecular complexity index is 139. The van der Waals surface area contributed by atoms with Gasteiger partial charge < -0.3 is 5.73 Å². The number of primary amides is 1. The molecule has 78 valence electrons. The van der Waals surface area contributed by atoms with E-state index < -0.39 is 0 Å². The molecule has 2 nitrogen and oxygen atoms in total. The fourth-order valence-corrected chi connectivity index (χ4v) is 2.21. The zero-order chi connectivity index (χ0) is 10.1. The van der Waals surface area contributed by atoms with E-state index in [1.54, 1.807) is 0 Å². The Morgan fingerprint density at radius 1 is 1.38 bits per heavy atom. The van der Waals surface area contributed by atoms with Crippen molar-refractivity contribution < 1.29 is 4.79 Å². The highest BCUT2D eigenvalue weighted by Gasteiger charge is 2.05. The topological polar surface area (TPSA) is 43.1 Å². The second-order valence-electron chi connectivity index (χ2n) is 3.41. The van der Waals surface area contributed by atoms with E-state index in [1.165, 1.54) is 25.7 Å². The SMILES string of the molecule is CCCCCCSC(C)CC(N)=O. The van der Waals surface area contributed by atoms with Gasteiger partial charge >= 0.3 is 0 Å². The summed E-state index contributed by atoms with van der Waals surface area (Å²) in [6.07, 6.45) is 5.69. The largest absolute Gasteiger partial charge is 0.370 e. The summed E-state index contributed by atoms with van der Waals surface area (Å²) in [4.78, 5) is 10.6. The van der Waals surface area contributed by atoms with Crippen LogP contribution in [0.3, 0.4) is 0 Å². The second kappa shape index (κ2) is 8.42. The van der Waals surface area contributed by atoms with Crippen LogP contribution in [-0.4, -0.2) is 16.9 Å². The predicted molar refractivity (Wildman–Crippen MR) is 59.9 cm³/mol. The van der Waals surface area contributed by atoms with Crippen molar-refractivity contribution in [2.75, 3.05) is 5.75 Å². The third kappa shape index (κ3) is 9.74. The molecule has 0 aromatic rings. The molecule has 0 aliphatic rings. The van der Waals surface area contributed by atoms with Crippen LogP contribution in [0.4, 0.5) is 0 Å². The molecule has 0 spiro atoms. The van der Waals surface area contributed by atoms with Gasteiger partial charge in [0.25, 0.3) is 0 Å². The Hall–Kier alpha value is -0.180. The van der Waals surface area contributed by atoms with Crippen molar-refractivity contribution in [1.29, 1.82) is 0 Å². The standard InChI is InChI=1S/C10H21NOS/c1-3-4-5-6-7-13-9(2)8-10(11)12/h9H,3-8H2,1-2H3,(H2,11,12). The van der Waals surface area contributed by atoms with E-state index in [9.17, 15) is 4.79 Å². The number of nitrogens with two attached hydrogens (primary N) is 1. The third-order valence-corrected chi connectivity index (χ3v) is 3.15. The van der Waals surface area contributed by atoms with Crippen molar-refractivity contribution in [2.24, 2.45) is 5.73 Å². The Labute approximate surface area is 85.6 Å². The van der Waals surface area contributed by atoms with E-state index >= 15 is 0 Å². The summed E-state index contributed by atoms with van der Waals surface area (Å²) in [6, 6.07) is 0. The molecule has 0 aromatic carbocycles. The number of hydrogen-bond donors (Lipinski definition) is 1. The third-order valence-electron chi connectivity index (χ3n) is 1.89. The molecule has 1 atom stereocenters. The van der Waals surface area contributed by atoms with Crippen LogP contribution < -0.4 is 5.73 Å². The van der Waals surface area contributed by atoms with Gasteiger partial charge in [-0.1, -0.05) is 33.1 Å². The number of thioether (sulfide) groups is 1. The van der Waals surface area contributed by atoms with Crippen LogP contribution in [0.25, 0.3) is 0 Å². The van der Waals surface area contributed by atoms with Crippen LogP contribution in [0.1, 0.15) is 46.0 Å². The van der Waals surface area contributed by atoms with Gasteiger partial charge in [-0.05, 0) is 12.2 Å². The van der Waals surface area contributed by atoms with Gasteiger partial charge in [-0.2, -0.15) is 11.8 Å². The number of hydrogen-bond acceptors (Lipinski definition) is 2. The van der Waals surface area contributed by atoms with Gasteiger partial charge in [0.15, 0.2) is 0 Å². The minimum atomic E-state index is -0.187. The zero-order valence-electron chi connectivity index (χ0n) is 8.71. The van der Waals surface area contributed by atoms with E-state index in [-0.39, 0.29) is 5.91 Å². The van der Waals surface area contributed by atoms with Gasteiger partial charge in [0.05, 0.1) is 0 Å². The Morgan fingerprint density at radius 3 is 2.62 bits per heavy atom. The first kappa shape index (κ1) is 12.8. The second-order valence-corrected chi connectivity index (χ2v) is 4.96. The van der Waals surface area contributed by atoms with Crippen molar-refractivity contribution in [3.05, 3.63) is 0 Å². The smallest absolute Gasteiger partial charge is 0.218 e. The molecule has 0 fully saturated rings. The quantitative estimate of drug-likeness (QED) is 0.616. The molecule has 0 aliphatic carbocycles. The fraction of sp³-hybridized carbons (Fsp3) is 0.900. The molecular formula is C10H21NOS. The molecule has 2 N–H and O–H groups in total. The van der Waals surface area contributed by atoms with Gasteiger partial charge in [0.2, 0.25) is 5.91 Å². The number of carbonyl (C=O) groups excluding carboxylic acids is 1. The van der Waals surface area contributed by atoms with Gasteiger partial charge in [-0.3, -0.25) is 4.79 Å². The highest BCUT2D eigenvalue weighted by molar-refractivity contribution is 7.99.